The lowest BCUT2D eigenvalue weighted by Crippen LogP contribution is -2.51. The van der Waals surface area contributed by atoms with Gasteiger partial charge in [0.05, 0.1) is 19.0 Å². The molecule has 1 saturated heterocycles. The summed E-state index contributed by atoms with van der Waals surface area (Å²) in [4.78, 5) is 26.8. The van der Waals surface area contributed by atoms with Crippen LogP contribution in [0.2, 0.25) is 0 Å². The molecular weight excluding hydrogens is 300 g/mol. The van der Waals surface area contributed by atoms with Crippen LogP contribution >= 0.6 is 24.0 Å². The summed E-state index contributed by atoms with van der Waals surface area (Å²) in [7, 11) is 0. The number of carbonyl (C=O) groups is 2. The van der Waals surface area contributed by atoms with Gasteiger partial charge in [-0.2, -0.15) is 0 Å². The van der Waals surface area contributed by atoms with E-state index in [9.17, 15) is 9.59 Å². The Morgan fingerprint density at radius 1 is 1.05 bits per heavy atom. The zero-order valence-electron chi connectivity index (χ0n) is 11.8. The molecule has 1 heterocycles. The van der Waals surface area contributed by atoms with Gasteiger partial charge >= 0.3 is 6.09 Å². The van der Waals surface area contributed by atoms with Gasteiger partial charge in [0.2, 0.25) is 10.3 Å². The molecule has 0 aromatic rings. The third-order valence-electron chi connectivity index (χ3n) is 2.73. The third-order valence-corrected chi connectivity index (χ3v) is 3.95. The summed E-state index contributed by atoms with van der Waals surface area (Å²) in [5, 5.41) is 0. The number of thioether (sulfide) groups is 1. The van der Waals surface area contributed by atoms with Crippen molar-refractivity contribution in [2.24, 2.45) is 0 Å². The van der Waals surface area contributed by atoms with Crippen molar-refractivity contribution >= 4 is 40.4 Å². The van der Waals surface area contributed by atoms with Crippen LogP contribution < -0.4 is 0 Å². The van der Waals surface area contributed by atoms with Crippen molar-refractivity contribution in [3.63, 3.8) is 0 Å². The Kier molecular flexibility index (Phi) is 7.68. The van der Waals surface area contributed by atoms with Gasteiger partial charge in [-0.15, -0.1) is 0 Å². The summed E-state index contributed by atoms with van der Waals surface area (Å²) >= 11 is 6.19. The van der Waals surface area contributed by atoms with Crippen LogP contribution in [0.15, 0.2) is 0 Å². The molecule has 1 fully saturated rings. The molecule has 6 nitrogen and oxygen atoms in total. The molecule has 0 aromatic carbocycles. The van der Waals surface area contributed by atoms with Crippen molar-refractivity contribution in [1.29, 1.82) is 0 Å². The molecule has 0 N–H and O–H groups in total. The second-order valence-corrected chi connectivity index (χ2v) is 5.62. The maximum atomic E-state index is 12.0. The second-order valence-electron chi connectivity index (χ2n) is 4.04. The van der Waals surface area contributed by atoms with Crippen molar-refractivity contribution in [2.45, 2.75) is 13.8 Å². The highest BCUT2D eigenvalue weighted by atomic mass is 32.2. The fourth-order valence-electron chi connectivity index (χ4n) is 1.72. The van der Waals surface area contributed by atoms with Gasteiger partial charge in [0.15, 0.2) is 0 Å². The maximum Gasteiger partial charge on any atom is 0.409 e. The van der Waals surface area contributed by atoms with Gasteiger partial charge in [0, 0.05) is 26.2 Å². The van der Waals surface area contributed by atoms with Crippen LogP contribution in [0.3, 0.4) is 0 Å². The molecule has 0 bridgehead atoms. The minimum Gasteiger partial charge on any atom is -0.479 e. The summed E-state index contributed by atoms with van der Waals surface area (Å²) in [6.45, 7) is 6.57. The van der Waals surface area contributed by atoms with Gasteiger partial charge in [0.1, 0.15) is 0 Å². The molecular formula is C12H20N2O4S2. The summed E-state index contributed by atoms with van der Waals surface area (Å²) in [6, 6.07) is 0. The summed E-state index contributed by atoms with van der Waals surface area (Å²) < 4.78 is 10.4. The van der Waals surface area contributed by atoms with Crippen LogP contribution in [0.1, 0.15) is 13.8 Å². The van der Waals surface area contributed by atoms with E-state index in [1.165, 1.54) is 11.8 Å². The number of rotatable bonds is 4. The zero-order chi connectivity index (χ0) is 15.0. The number of ether oxygens (including phenoxy) is 2. The molecule has 1 aliphatic rings. The van der Waals surface area contributed by atoms with Crippen molar-refractivity contribution in [3.05, 3.63) is 0 Å². The Bertz CT molecular complexity index is 357. The Balaban J connectivity index is 2.28. The molecule has 0 unspecified atom stereocenters. The molecule has 0 aromatic heterocycles. The van der Waals surface area contributed by atoms with Crippen LogP contribution in [0, 0.1) is 0 Å². The largest absolute Gasteiger partial charge is 0.479 e. The molecule has 0 radical (unpaired) electrons. The van der Waals surface area contributed by atoms with E-state index >= 15 is 0 Å². The van der Waals surface area contributed by atoms with Gasteiger partial charge in [0.25, 0.3) is 0 Å². The van der Waals surface area contributed by atoms with E-state index in [0.29, 0.717) is 43.8 Å². The first-order chi connectivity index (χ1) is 9.58. The third kappa shape index (κ3) is 5.54. The van der Waals surface area contributed by atoms with Crippen LogP contribution in [-0.2, 0) is 14.3 Å². The van der Waals surface area contributed by atoms with Crippen molar-refractivity contribution in [1.82, 2.24) is 9.80 Å². The molecule has 2 amide bonds. The lowest BCUT2D eigenvalue weighted by molar-refractivity contribution is -0.129. The lowest BCUT2D eigenvalue weighted by Gasteiger charge is -2.34. The number of thiocarbonyl (C=S) groups is 1. The minimum absolute atomic E-state index is 0.0144. The summed E-state index contributed by atoms with van der Waals surface area (Å²) in [5.41, 5.74) is 0. The number of carbonyl (C=O) groups excluding carboxylic acids is 2. The van der Waals surface area contributed by atoms with Crippen LogP contribution in [0.25, 0.3) is 0 Å². The first-order valence-corrected chi connectivity index (χ1v) is 7.96. The van der Waals surface area contributed by atoms with Gasteiger partial charge in [-0.05, 0) is 26.1 Å². The minimum atomic E-state index is -0.313. The van der Waals surface area contributed by atoms with Crippen molar-refractivity contribution < 1.29 is 19.1 Å². The zero-order valence-corrected chi connectivity index (χ0v) is 13.4. The Hall–Kier alpha value is -1.02. The lowest BCUT2D eigenvalue weighted by atomic mass is 10.3. The molecule has 20 heavy (non-hydrogen) atoms. The number of nitrogens with zero attached hydrogens (tertiary/aromatic N) is 2. The number of amides is 2. The van der Waals surface area contributed by atoms with Gasteiger partial charge < -0.3 is 19.3 Å². The van der Waals surface area contributed by atoms with E-state index in [-0.39, 0.29) is 17.8 Å². The predicted octanol–water partition coefficient (Wildman–Crippen LogP) is 1.34. The summed E-state index contributed by atoms with van der Waals surface area (Å²) in [6.07, 6.45) is -0.313. The average molecular weight is 320 g/mol. The Morgan fingerprint density at radius 3 is 2.15 bits per heavy atom. The van der Waals surface area contributed by atoms with E-state index in [4.69, 9.17) is 21.7 Å². The van der Waals surface area contributed by atoms with Crippen LogP contribution in [0.5, 0.6) is 0 Å². The Labute approximate surface area is 128 Å². The van der Waals surface area contributed by atoms with E-state index in [0.717, 1.165) is 0 Å². The smallest absolute Gasteiger partial charge is 0.409 e. The molecule has 0 saturated carbocycles. The SMILES string of the molecule is CCOC(=O)N1CCN(C(=O)CSC(=S)OCC)CC1. The van der Waals surface area contributed by atoms with Crippen LogP contribution in [0.4, 0.5) is 4.79 Å². The Morgan fingerprint density at radius 2 is 1.60 bits per heavy atom. The molecule has 0 aliphatic carbocycles. The van der Waals surface area contributed by atoms with Crippen LogP contribution in [-0.4, -0.2) is 71.3 Å². The fraction of sp³-hybridized carbons (Fsp3) is 0.750. The maximum absolute atomic E-state index is 12.0. The standard InChI is InChI=1S/C12H20N2O4S2/c1-3-17-11(16)14-7-5-13(6-8-14)10(15)9-20-12(19)18-4-2/h3-9H2,1-2H3. The molecule has 114 valence electrons. The number of piperazine rings is 1. The van der Waals surface area contributed by atoms with Gasteiger partial charge in [-0.25, -0.2) is 4.79 Å². The quantitative estimate of drug-likeness (QED) is 0.729. The molecule has 8 heteroatoms. The predicted molar refractivity (Wildman–Crippen MR) is 81.9 cm³/mol. The molecule has 1 aliphatic heterocycles. The fourth-order valence-corrected chi connectivity index (χ4v) is 2.64. The van der Waals surface area contributed by atoms with Gasteiger partial charge in [-0.1, -0.05) is 11.8 Å². The van der Waals surface area contributed by atoms with Crippen molar-refractivity contribution in [2.75, 3.05) is 45.1 Å². The first-order valence-electron chi connectivity index (χ1n) is 6.57. The van der Waals surface area contributed by atoms with Crippen molar-refractivity contribution in [3.8, 4) is 0 Å². The monoisotopic (exact) mass is 320 g/mol. The topological polar surface area (TPSA) is 59.1 Å². The average Bonchev–Trinajstić information content (AvgIpc) is 2.45. The van der Waals surface area contributed by atoms with E-state index < -0.39 is 0 Å². The molecule has 1 rings (SSSR count). The normalized spacial score (nSPS) is 14.9. The van der Waals surface area contributed by atoms with E-state index in [1.807, 2.05) is 6.92 Å². The highest BCUT2D eigenvalue weighted by Crippen LogP contribution is 2.10. The van der Waals surface area contributed by atoms with E-state index in [2.05, 4.69) is 0 Å². The number of hydrogen-bond donors (Lipinski definition) is 0. The highest BCUT2D eigenvalue weighted by molar-refractivity contribution is 8.23. The molecule has 0 atom stereocenters. The first kappa shape index (κ1) is 17.0. The molecule has 0 spiro atoms. The van der Waals surface area contributed by atoms with Gasteiger partial charge in [-0.3, -0.25) is 4.79 Å². The summed E-state index contributed by atoms with van der Waals surface area (Å²) in [5.74, 6) is 0.290. The second kappa shape index (κ2) is 9.02. The van der Waals surface area contributed by atoms with E-state index in [1.54, 1.807) is 16.7 Å². The number of hydrogen-bond acceptors (Lipinski definition) is 6. The highest BCUT2D eigenvalue weighted by Gasteiger charge is 2.24.